The minimum Gasteiger partial charge on any atom is -0.479 e. The molecule has 0 spiro atoms. The van der Waals surface area contributed by atoms with Crippen LogP contribution in [-0.2, 0) is 20.7 Å². The Balaban J connectivity index is 2.25. The third-order valence-electron chi connectivity index (χ3n) is 5.45. The van der Waals surface area contributed by atoms with Gasteiger partial charge >= 0.3 is 12.1 Å². The molecule has 0 fully saturated rings. The fourth-order valence-electron chi connectivity index (χ4n) is 4.18. The molecule has 0 aliphatic carbocycles. The molecular formula is C27H35NO5. The van der Waals surface area contributed by atoms with Crippen molar-refractivity contribution >= 4 is 17.7 Å². The molecule has 3 rings (SSSR count). The summed E-state index contributed by atoms with van der Waals surface area (Å²) in [5, 5.41) is 10.1. The number of aryl methyl sites for hydroxylation is 2. The van der Waals surface area contributed by atoms with Crippen molar-refractivity contribution in [3.63, 3.8) is 0 Å². The highest BCUT2D eigenvalue weighted by molar-refractivity contribution is 5.95. The van der Waals surface area contributed by atoms with Crippen molar-refractivity contribution in [3.05, 3.63) is 52.6 Å². The number of anilines is 1. The molecule has 1 aliphatic rings. The van der Waals surface area contributed by atoms with Crippen molar-refractivity contribution in [2.24, 2.45) is 0 Å². The maximum absolute atomic E-state index is 12.9. The number of carbonyl (C=O) groups excluding carboxylic acids is 1. The Hall–Kier alpha value is -2.86. The van der Waals surface area contributed by atoms with Crippen molar-refractivity contribution in [3.8, 4) is 11.1 Å². The molecule has 0 saturated carbocycles. The first-order valence-corrected chi connectivity index (χ1v) is 11.3. The number of nitrogens with zero attached hydrogens (tertiary/aromatic N) is 1. The Bertz CT molecular complexity index is 1060. The predicted molar refractivity (Wildman–Crippen MR) is 130 cm³/mol. The zero-order chi connectivity index (χ0) is 24.7. The Morgan fingerprint density at radius 1 is 1.00 bits per heavy atom. The maximum Gasteiger partial charge on any atom is 0.414 e. The summed E-state index contributed by atoms with van der Waals surface area (Å²) in [6, 6.07) is 9.91. The third kappa shape index (κ3) is 5.56. The normalized spacial score (nSPS) is 14.7. The predicted octanol–water partition coefficient (Wildman–Crippen LogP) is 6.21. The highest BCUT2D eigenvalue weighted by atomic mass is 16.6. The van der Waals surface area contributed by atoms with Gasteiger partial charge in [-0.25, -0.2) is 9.59 Å². The standard InChI is InChI=1S/C27H35NO5/c1-16-9-11-18(12-10-16)22-19-13-14-28(25(31)33-27(6,7)8)20(19)15-17(2)21(22)23(24(29)30)32-26(3,4)5/h9-12,15,23H,13-14H2,1-8H3,(H,29,30). The molecule has 1 atom stereocenters. The van der Waals surface area contributed by atoms with E-state index in [1.54, 1.807) is 4.90 Å². The van der Waals surface area contributed by atoms with Gasteiger partial charge in [-0.2, -0.15) is 0 Å². The molecule has 0 bridgehead atoms. The summed E-state index contributed by atoms with van der Waals surface area (Å²) in [7, 11) is 0. The van der Waals surface area contributed by atoms with Crippen molar-refractivity contribution in [1.82, 2.24) is 0 Å². The van der Waals surface area contributed by atoms with E-state index >= 15 is 0 Å². The van der Waals surface area contributed by atoms with Gasteiger partial charge in [0, 0.05) is 12.1 Å². The van der Waals surface area contributed by atoms with Crippen LogP contribution in [0.4, 0.5) is 10.5 Å². The van der Waals surface area contributed by atoms with Crippen LogP contribution < -0.4 is 4.90 Å². The van der Waals surface area contributed by atoms with Gasteiger partial charge in [0.15, 0.2) is 6.10 Å². The molecule has 1 unspecified atom stereocenters. The van der Waals surface area contributed by atoms with Crippen molar-refractivity contribution < 1.29 is 24.2 Å². The quantitative estimate of drug-likeness (QED) is 0.596. The fraction of sp³-hybridized carbons (Fsp3) is 0.481. The smallest absolute Gasteiger partial charge is 0.414 e. The van der Waals surface area contributed by atoms with Crippen LogP contribution in [0.15, 0.2) is 30.3 Å². The second-order valence-corrected chi connectivity index (χ2v) is 10.7. The van der Waals surface area contributed by atoms with Gasteiger partial charge in [0.2, 0.25) is 0 Å². The van der Waals surface area contributed by atoms with Crippen LogP contribution in [0, 0.1) is 13.8 Å². The number of carboxylic acid groups (broad SMARTS) is 1. The number of aliphatic carboxylic acids is 1. The number of rotatable bonds is 4. The zero-order valence-corrected chi connectivity index (χ0v) is 20.9. The van der Waals surface area contributed by atoms with Crippen LogP contribution in [0.25, 0.3) is 11.1 Å². The molecule has 178 valence electrons. The van der Waals surface area contributed by atoms with Gasteiger partial charge in [-0.3, -0.25) is 4.90 Å². The van der Waals surface area contributed by atoms with E-state index < -0.39 is 29.4 Å². The van der Waals surface area contributed by atoms with Crippen molar-refractivity contribution in [2.75, 3.05) is 11.4 Å². The van der Waals surface area contributed by atoms with Gasteiger partial charge in [0.1, 0.15) is 5.60 Å². The summed E-state index contributed by atoms with van der Waals surface area (Å²) in [6.07, 6.45) is -0.932. The number of carbonyl (C=O) groups is 2. The van der Waals surface area contributed by atoms with Gasteiger partial charge < -0.3 is 14.6 Å². The van der Waals surface area contributed by atoms with Crippen LogP contribution in [0.1, 0.15) is 69.9 Å². The molecule has 1 amide bonds. The monoisotopic (exact) mass is 453 g/mol. The molecule has 6 nitrogen and oxygen atoms in total. The second-order valence-electron chi connectivity index (χ2n) is 10.7. The molecule has 1 aliphatic heterocycles. The molecule has 1 N–H and O–H groups in total. The maximum atomic E-state index is 12.9. The van der Waals surface area contributed by atoms with Crippen molar-refractivity contribution in [2.45, 2.75) is 79.1 Å². The Morgan fingerprint density at radius 3 is 2.12 bits per heavy atom. The van der Waals surface area contributed by atoms with E-state index in [-0.39, 0.29) is 0 Å². The first-order chi connectivity index (χ1) is 15.2. The van der Waals surface area contributed by atoms with E-state index in [0.717, 1.165) is 33.5 Å². The molecule has 1 heterocycles. The molecule has 0 aromatic heterocycles. The Kier molecular flexibility index (Phi) is 6.62. The van der Waals surface area contributed by atoms with Gasteiger partial charge in [0.25, 0.3) is 0 Å². The molecule has 0 radical (unpaired) electrons. The number of hydrogen-bond donors (Lipinski definition) is 1. The lowest BCUT2D eigenvalue weighted by atomic mass is 9.86. The van der Waals surface area contributed by atoms with E-state index in [9.17, 15) is 14.7 Å². The van der Waals surface area contributed by atoms with E-state index in [0.29, 0.717) is 18.5 Å². The topological polar surface area (TPSA) is 76.1 Å². The van der Waals surface area contributed by atoms with Gasteiger partial charge in [-0.05, 0) is 90.1 Å². The van der Waals surface area contributed by atoms with Crippen LogP contribution in [0.5, 0.6) is 0 Å². The lowest BCUT2D eigenvalue weighted by molar-refractivity contribution is -0.160. The average Bonchev–Trinajstić information content (AvgIpc) is 3.07. The number of fused-ring (bicyclic) bond motifs is 1. The van der Waals surface area contributed by atoms with Crippen LogP contribution >= 0.6 is 0 Å². The molecular weight excluding hydrogens is 418 g/mol. The lowest BCUT2D eigenvalue weighted by Crippen LogP contribution is -2.35. The van der Waals surface area contributed by atoms with Crippen LogP contribution in [-0.4, -0.2) is 34.9 Å². The van der Waals surface area contributed by atoms with E-state index in [2.05, 4.69) is 0 Å². The largest absolute Gasteiger partial charge is 0.479 e. The SMILES string of the molecule is Cc1ccc(-c2c3c(cc(C)c2C(OC(C)(C)C)C(=O)O)N(C(=O)OC(C)(C)C)CC3)cc1. The Labute approximate surface area is 196 Å². The summed E-state index contributed by atoms with van der Waals surface area (Å²) in [5.74, 6) is -1.04. The van der Waals surface area contributed by atoms with E-state index in [1.165, 1.54) is 0 Å². The van der Waals surface area contributed by atoms with E-state index in [4.69, 9.17) is 9.47 Å². The van der Waals surface area contributed by atoms with Crippen LogP contribution in [0.3, 0.4) is 0 Å². The van der Waals surface area contributed by atoms with Gasteiger partial charge in [-0.1, -0.05) is 29.8 Å². The van der Waals surface area contributed by atoms with Gasteiger partial charge in [0.05, 0.1) is 11.3 Å². The lowest BCUT2D eigenvalue weighted by Gasteiger charge is -2.29. The van der Waals surface area contributed by atoms with Gasteiger partial charge in [-0.15, -0.1) is 0 Å². The summed E-state index contributed by atoms with van der Waals surface area (Å²) in [4.78, 5) is 27.0. The first-order valence-electron chi connectivity index (χ1n) is 11.3. The number of benzene rings is 2. The molecule has 2 aromatic carbocycles. The fourth-order valence-corrected chi connectivity index (χ4v) is 4.18. The summed E-state index contributed by atoms with van der Waals surface area (Å²) in [6.45, 7) is 15.4. The van der Waals surface area contributed by atoms with E-state index in [1.807, 2.05) is 85.7 Å². The third-order valence-corrected chi connectivity index (χ3v) is 5.45. The number of hydrogen-bond acceptors (Lipinski definition) is 4. The molecule has 2 aromatic rings. The summed E-state index contributed by atoms with van der Waals surface area (Å²) >= 11 is 0. The molecule has 33 heavy (non-hydrogen) atoms. The number of amides is 1. The minimum absolute atomic E-state index is 0.399. The molecule has 6 heteroatoms. The summed E-state index contributed by atoms with van der Waals surface area (Å²) in [5.41, 5.74) is 4.68. The van der Waals surface area contributed by atoms with Crippen molar-refractivity contribution in [1.29, 1.82) is 0 Å². The number of ether oxygens (including phenoxy) is 2. The minimum atomic E-state index is -1.14. The first kappa shape index (κ1) is 24.8. The Morgan fingerprint density at radius 2 is 1.61 bits per heavy atom. The highest BCUT2D eigenvalue weighted by Crippen LogP contribution is 2.44. The second kappa shape index (κ2) is 8.82. The highest BCUT2D eigenvalue weighted by Gasteiger charge is 2.36. The summed E-state index contributed by atoms with van der Waals surface area (Å²) < 4.78 is 11.7. The average molecular weight is 454 g/mol. The zero-order valence-electron chi connectivity index (χ0n) is 20.9. The van der Waals surface area contributed by atoms with Crippen LogP contribution in [0.2, 0.25) is 0 Å². The number of carboxylic acids is 1. The molecule has 0 saturated heterocycles.